The Balaban J connectivity index is 1.42. The Morgan fingerprint density at radius 2 is 1.59 bits per heavy atom. The molecule has 7 heteroatoms. The highest BCUT2D eigenvalue weighted by atomic mass is 16.5. The maximum Gasteiger partial charge on any atom is 0.271 e. The number of carbonyl (C=O) groups excluding carboxylic acids is 2. The predicted molar refractivity (Wildman–Crippen MR) is 109 cm³/mol. The van der Waals surface area contributed by atoms with Crippen LogP contribution in [0.4, 0.5) is 0 Å². The van der Waals surface area contributed by atoms with Gasteiger partial charge < -0.3 is 14.0 Å². The summed E-state index contributed by atoms with van der Waals surface area (Å²) >= 11 is 0. The van der Waals surface area contributed by atoms with E-state index in [1.54, 1.807) is 31.4 Å². The first-order chi connectivity index (χ1) is 14.2. The summed E-state index contributed by atoms with van der Waals surface area (Å²) in [6.07, 6.45) is 4.46. The lowest BCUT2D eigenvalue weighted by molar-refractivity contribution is -0.122. The number of hydrogen-bond acceptors (Lipinski definition) is 4. The third-order valence-electron chi connectivity index (χ3n) is 4.22. The van der Waals surface area contributed by atoms with Crippen LogP contribution < -0.4 is 20.3 Å². The minimum absolute atomic E-state index is 0.232. The number of hydrogen-bond donors (Lipinski definition) is 2. The number of hydrazine groups is 1. The van der Waals surface area contributed by atoms with Crippen molar-refractivity contribution in [2.45, 2.75) is 12.8 Å². The molecule has 0 saturated heterocycles. The molecule has 2 N–H and O–H groups in total. The molecule has 0 radical (unpaired) electrons. The smallest absolute Gasteiger partial charge is 0.271 e. The number of carbonyl (C=O) groups is 2. The quantitative estimate of drug-likeness (QED) is 0.455. The Morgan fingerprint density at radius 1 is 0.897 bits per heavy atom. The number of ether oxygens (including phenoxy) is 2. The molecule has 0 spiro atoms. The molecule has 2 amide bonds. The molecule has 150 valence electrons. The molecule has 1 aromatic heterocycles. The Morgan fingerprint density at radius 3 is 2.31 bits per heavy atom. The second kappa shape index (κ2) is 9.98. The molecule has 0 aliphatic rings. The van der Waals surface area contributed by atoms with E-state index in [1.807, 2.05) is 53.4 Å². The van der Waals surface area contributed by atoms with Gasteiger partial charge in [0.15, 0.2) is 0 Å². The van der Waals surface area contributed by atoms with E-state index in [9.17, 15) is 9.59 Å². The molecular formula is C22H23N3O4. The van der Waals surface area contributed by atoms with E-state index >= 15 is 0 Å². The topological polar surface area (TPSA) is 81.6 Å². The lowest BCUT2D eigenvalue weighted by Crippen LogP contribution is -2.42. The third kappa shape index (κ3) is 5.62. The van der Waals surface area contributed by atoms with E-state index in [-0.39, 0.29) is 18.2 Å². The Labute approximate surface area is 169 Å². The number of nitrogens with zero attached hydrogens (tertiary/aromatic N) is 1. The molecule has 0 saturated carbocycles. The monoisotopic (exact) mass is 393 g/mol. The largest absolute Gasteiger partial charge is 0.497 e. The molecule has 0 fully saturated rings. The van der Waals surface area contributed by atoms with Gasteiger partial charge in [-0.25, -0.2) is 0 Å². The second-order valence-electron chi connectivity index (χ2n) is 6.24. The number of benzene rings is 2. The molecule has 0 atom stereocenters. The summed E-state index contributed by atoms with van der Waals surface area (Å²) < 4.78 is 12.5. The van der Waals surface area contributed by atoms with Gasteiger partial charge in [0.25, 0.3) is 5.91 Å². The van der Waals surface area contributed by atoms with Gasteiger partial charge in [-0.1, -0.05) is 12.1 Å². The molecule has 3 aromatic rings. The number of aromatic nitrogens is 1. The van der Waals surface area contributed by atoms with Crippen LogP contribution in [0.15, 0.2) is 73.1 Å². The van der Waals surface area contributed by atoms with Crippen LogP contribution in [0.1, 0.15) is 23.2 Å². The summed E-state index contributed by atoms with van der Waals surface area (Å²) in [5, 5.41) is 0. The molecule has 2 aromatic carbocycles. The van der Waals surface area contributed by atoms with Gasteiger partial charge in [-0.2, -0.15) is 0 Å². The fourth-order valence-corrected chi connectivity index (χ4v) is 2.74. The molecule has 3 rings (SSSR count). The normalized spacial score (nSPS) is 10.2. The van der Waals surface area contributed by atoms with E-state index in [2.05, 4.69) is 10.9 Å². The van der Waals surface area contributed by atoms with Crippen molar-refractivity contribution >= 4 is 11.8 Å². The zero-order valence-corrected chi connectivity index (χ0v) is 16.1. The van der Waals surface area contributed by atoms with E-state index in [4.69, 9.17) is 9.47 Å². The summed E-state index contributed by atoms with van der Waals surface area (Å²) in [6.45, 7) is 0.393. The summed E-state index contributed by atoms with van der Waals surface area (Å²) in [5.41, 5.74) is 6.11. The fraction of sp³-hybridized carbons (Fsp3) is 0.182. The van der Waals surface area contributed by atoms with Crippen molar-refractivity contribution in [3.8, 4) is 17.2 Å². The summed E-state index contributed by atoms with van der Waals surface area (Å²) in [4.78, 5) is 24.4. The van der Waals surface area contributed by atoms with E-state index < -0.39 is 0 Å². The van der Waals surface area contributed by atoms with Gasteiger partial charge in [0.2, 0.25) is 5.91 Å². The molecule has 0 unspecified atom stereocenters. The van der Waals surface area contributed by atoms with Crippen LogP contribution in [0, 0.1) is 0 Å². The number of rotatable bonds is 8. The number of para-hydroxylation sites is 1. The third-order valence-corrected chi connectivity index (χ3v) is 4.22. The molecule has 0 aliphatic heterocycles. The lowest BCUT2D eigenvalue weighted by Gasteiger charge is -2.12. The first-order valence-corrected chi connectivity index (χ1v) is 9.26. The summed E-state index contributed by atoms with van der Waals surface area (Å²) in [6, 6.07) is 18.2. The van der Waals surface area contributed by atoms with E-state index in [1.165, 1.54) is 0 Å². The van der Waals surface area contributed by atoms with Crippen molar-refractivity contribution < 1.29 is 19.1 Å². The van der Waals surface area contributed by atoms with Crippen LogP contribution in [0.5, 0.6) is 11.5 Å². The Kier molecular flexibility index (Phi) is 6.89. The number of nitrogens with one attached hydrogen (secondary N) is 2. The Hall–Kier alpha value is -3.74. The molecule has 0 aliphatic carbocycles. The average molecular weight is 393 g/mol. The second-order valence-corrected chi connectivity index (χ2v) is 6.24. The Bertz CT molecular complexity index is 937. The minimum atomic E-state index is -0.378. The van der Waals surface area contributed by atoms with Gasteiger partial charge in [0, 0.05) is 18.8 Å². The van der Waals surface area contributed by atoms with Gasteiger partial charge in [-0.3, -0.25) is 20.4 Å². The first-order valence-electron chi connectivity index (χ1n) is 9.26. The zero-order chi connectivity index (χ0) is 20.5. The van der Waals surface area contributed by atoms with Crippen LogP contribution in [0.25, 0.3) is 5.69 Å². The highest BCUT2D eigenvalue weighted by Crippen LogP contribution is 2.17. The van der Waals surface area contributed by atoms with Crippen LogP contribution >= 0.6 is 0 Å². The predicted octanol–water partition coefficient (Wildman–Crippen LogP) is 3.11. The minimum Gasteiger partial charge on any atom is -0.497 e. The van der Waals surface area contributed by atoms with Crippen LogP contribution in [-0.2, 0) is 4.79 Å². The van der Waals surface area contributed by atoms with Gasteiger partial charge in [-0.05, 0) is 55.0 Å². The summed E-state index contributed by atoms with van der Waals surface area (Å²) in [5.74, 6) is 0.805. The highest BCUT2D eigenvalue weighted by Gasteiger charge is 2.12. The molecule has 0 bridgehead atoms. The van der Waals surface area contributed by atoms with Crippen molar-refractivity contribution in [3.05, 3.63) is 78.6 Å². The molecular weight excluding hydrogens is 370 g/mol. The SMILES string of the molecule is COc1ccc(OCCCC(=O)NNC(=O)c2ccccc2-n2cccc2)cc1. The molecule has 7 nitrogen and oxygen atoms in total. The molecule has 1 heterocycles. The van der Waals surface area contributed by atoms with Gasteiger partial charge in [0.05, 0.1) is 25.0 Å². The van der Waals surface area contributed by atoms with Crippen molar-refractivity contribution in [1.82, 2.24) is 15.4 Å². The van der Waals surface area contributed by atoms with Crippen LogP contribution in [0.2, 0.25) is 0 Å². The van der Waals surface area contributed by atoms with E-state index in [0.717, 1.165) is 11.4 Å². The molecule has 29 heavy (non-hydrogen) atoms. The fourth-order valence-electron chi connectivity index (χ4n) is 2.74. The maximum absolute atomic E-state index is 12.5. The average Bonchev–Trinajstić information content (AvgIpc) is 3.30. The summed E-state index contributed by atoms with van der Waals surface area (Å²) in [7, 11) is 1.60. The number of amides is 2. The van der Waals surface area contributed by atoms with Crippen LogP contribution in [-0.4, -0.2) is 30.1 Å². The van der Waals surface area contributed by atoms with Crippen molar-refractivity contribution in [2.24, 2.45) is 0 Å². The van der Waals surface area contributed by atoms with Gasteiger partial charge in [0.1, 0.15) is 11.5 Å². The number of methoxy groups -OCH3 is 1. The van der Waals surface area contributed by atoms with Crippen LogP contribution in [0.3, 0.4) is 0 Å². The highest BCUT2D eigenvalue weighted by molar-refractivity contribution is 5.98. The first kappa shape index (κ1) is 20.0. The van der Waals surface area contributed by atoms with Crippen molar-refractivity contribution in [3.63, 3.8) is 0 Å². The van der Waals surface area contributed by atoms with E-state index in [0.29, 0.717) is 24.3 Å². The zero-order valence-electron chi connectivity index (χ0n) is 16.1. The standard InChI is InChI=1S/C22H23N3O4/c1-28-17-10-12-18(13-11-17)29-16-6-9-21(26)23-24-22(27)19-7-2-3-8-20(19)25-14-4-5-15-25/h2-5,7-8,10-15H,6,9,16H2,1H3,(H,23,26)(H,24,27). The maximum atomic E-state index is 12.5. The van der Waals surface area contributed by atoms with Gasteiger partial charge >= 0.3 is 0 Å². The van der Waals surface area contributed by atoms with Crippen molar-refractivity contribution in [2.75, 3.05) is 13.7 Å². The lowest BCUT2D eigenvalue weighted by atomic mass is 10.1. The van der Waals surface area contributed by atoms with Gasteiger partial charge in [-0.15, -0.1) is 0 Å². The van der Waals surface area contributed by atoms with Crippen molar-refractivity contribution in [1.29, 1.82) is 0 Å².